The molecule has 0 N–H and O–H groups in total. The smallest absolute Gasteiger partial charge is 0.146 e. The second-order valence-corrected chi connectivity index (χ2v) is 29.3. The minimum absolute atomic E-state index is 0.398. The van der Waals surface area contributed by atoms with Crippen molar-refractivity contribution in [2.24, 2.45) is 0 Å². The Morgan fingerprint density at radius 3 is 1.11 bits per heavy atom. The third-order valence-corrected chi connectivity index (χ3v) is 25.6. The third-order valence-electron chi connectivity index (χ3n) is 13.0. The summed E-state index contributed by atoms with van der Waals surface area (Å²) in [6, 6.07) is 26.3. The Balaban J connectivity index is 0.000000214. The lowest BCUT2D eigenvalue weighted by Gasteiger charge is -2.38. The zero-order valence-electron chi connectivity index (χ0n) is 36.9. The maximum absolute atomic E-state index is 4.63. The molecule has 4 heterocycles. The molecule has 4 nitrogen and oxygen atoms in total. The molecule has 4 aromatic rings. The van der Waals surface area contributed by atoms with E-state index in [1.54, 1.807) is 0 Å². The molecule has 2 aromatic heterocycles. The third kappa shape index (κ3) is 8.30. The molecule has 0 unspecified atom stereocenters. The van der Waals surface area contributed by atoms with E-state index < -0.39 is 16.1 Å². The molecule has 6 rings (SSSR count). The van der Waals surface area contributed by atoms with E-state index in [0.717, 1.165) is 35.6 Å². The van der Waals surface area contributed by atoms with Crippen LogP contribution < -0.4 is 9.80 Å². The average Bonchev–Trinajstić information content (AvgIpc) is 3.68. The topological polar surface area (TPSA) is 32.3 Å². The Morgan fingerprint density at radius 1 is 0.482 bits per heavy atom. The van der Waals surface area contributed by atoms with Crippen molar-refractivity contribution in [3.05, 3.63) is 107 Å². The lowest BCUT2D eigenvalue weighted by molar-refractivity contribution is 0.750. The Kier molecular flexibility index (Phi) is 13.8. The van der Waals surface area contributed by atoms with Gasteiger partial charge in [0.25, 0.3) is 0 Å². The normalized spacial score (nSPS) is 16.5. The number of pyridine rings is 2. The van der Waals surface area contributed by atoms with E-state index in [0.29, 0.717) is 45.3 Å². The summed E-state index contributed by atoms with van der Waals surface area (Å²) in [5, 5.41) is 0. The summed E-state index contributed by atoms with van der Waals surface area (Å²) in [5.41, 5.74) is 19.3. The molecule has 0 saturated heterocycles. The van der Waals surface area contributed by atoms with Gasteiger partial charge in [0.1, 0.15) is 27.8 Å². The number of rotatable bonds is 8. The van der Waals surface area contributed by atoms with Gasteiger partial charge in [-0.05, 0) is 107 Å². The molecule has 0 amide bonds. The van der Waals surface area contributed by atoms with Crippen LogP contribution in [0.15, 0.2) is 85.2 Å². The summed E-state index contributed by atoms with van der Waals surface area (Å²) in [6.45, 7) is 33.0. The van der Waals surface area contributed by atoms with Crippen molar-refractivity contribution in [2.45, 2.75) is 155 Å². The van der Waals surface area contributed by atoms with Gasteiger partial charge in [-0.15, -0.1) is 11.1 Å². The van der Waals surface area contributed by atoms with Crippen molar-refractivity contribution < 1.29 is 0 Å². The zero-order valence-corrected chi connectivity index (χ0v) is 38.9. The molecule has 2 aliphatic heterocycles. The molecule has 0 saturated carbocycles. The second-order valence-electron chi connectivity index (χ2n) is 18.1. The van der Waals surface area contributed by atoms with E-state index in [-0.39, 0.29) is 0 Å². The van der Waals surface area contributed by atoms with Gasteiger partial charge in [-0.2, -0.15) is 0 Å². The van der Waals surface area contributed by atoms with Crippen LogP contribution in [0, 0.1) is 22.9 Å². The van der Waals surface area contributed by atoms with Crippen molar-refractivity contribution in [1.82, 2.24) is 9.97 Å². The zero-order chi connectivity index (χ0) is 40.9. The Bertz CT molecular complexity index is 1850. The maximum Gasteiger partial charge on any atom is 0.146 e. The van der Waals surface area contributed by atoms with Crippen LogP contribution in [0.4, 0.5) is 23.0 Å². The summed E-state index contributed by atoms with van der Waals surface area (Å²) in [7, 11) is -3.51. The minimum atomic E-state index is -1.76. The van der Waals surface area contributed by atoms with E-state index in [1.165, 1.54) is 22.5 Å². The Morgan fingerprint density at radius 2 is 0.821 bits per heavy atom. The van der Waals surface area contributed by atoms with E-state index in [2.05, 4.69) is 200 Å². The van der Waals surface area contributed by atoms with Gasteiger partial charge in [0.2, 0.25) is 0 Å². The standard InChI is InChI=1S/2C25H34N2Si/c2*1-18(2)28(19(3)4,20(5)6)16-14-22-11-10-12-23-17-21(7)27(25(22)23)24-13-8-9-15-26-24/h2*8-13,15,18-21H,17H2,1-7H3/t2*21-/m10/s1. The van der Waals surface area contributed by atoms with Gasteiger partial charge in [0, 0.05) is 35.6 Å². The van der Waals surface area contributed by atoms with Crippen LogP contribution >= 0.6 is 0 Å². The Hall–Kier alpha value is -4.11. The van der Waals surface area contributed by atoms with Crippen molar-refractivity contribution in [1.29, 1.82) is 0 Å². The summed E-state index contributed by atoms with van der Waals surface area (Å²) >= 11 is 0. The summed E-state index contributed by atoms with van der Waals surface area (Å²) in [6.07, 6.45) is 5.84. The fourth-order valence-corrected chi connectivity index (χ4v) is 20.9. The van der Waals surface area contributed by atoms with Gasteiger partial charge in [0.05, 0.1) is 11.4 Å². The van der Waals surface area contributed by atoms with E-state index in [1.807, 2.05) is 24.5 Å². The van der Waals surface area contributed by atoms with E-state index >= 15 is 0 Å². The predicted molar refractivity (Wildman–Crippen MR) is 248 cm³/mol. The van der Waals surface area contributed by atoms with E-state index in [4.69, 9.17) is 0 Å². The highest BCUT2D eigenvalue weighted by Crippen LogP contribution is 2.44. The number of benzene rings is 2. The Labute approximate surface area is 343 Å². The highest BCUT2D eigenvalue weighted by molar-refractivity contribution is 6.91. The van der Waals surface area contributed by atoms with Crippen molar-refractivity contribution in [3.8, 4) is 22.9 Å². The van der Waals surface area contributed by atoms with Crippen LogP contribution in [0.5, 0.6) is 0 Å². The van der Waals surface area contributed by atoms with Crippen LogP contribution in [-0.4, -0.2) is 38.2 Å². The highest BCUT2D eigenvalue weighted by Gasteiger charge is 2.43. The first kappa shape index (κ1) is 43.0. The average molecular weight is 781 g/mol. The molecular formula is C50H68N4Si2. The molecule has 296 valence electrons. The van der Waals surface area contributed by atoms with Crippen LogP contribution in [0.25, 0.3) is 0 Å². The molecule has 0 aliphatic carbocycles. The van der Waals surface area contributed by atoms with Gasteiger partial charge in [0.15, 0.2) is 0 Å². The first-order valence-corrected chi connectivity index (χ1v) is 25.7. The number of hydrogen-bond acceptors (Lipinski definition) is 4. The van der Waals surface area contributed by atoms with E-state index in [9.17, 15) is 0 Å². The lowest BCUT2D eigenvalue weighted by atomic mass is 10.1. The molecule has 0 radical (unpaired) electrons. The second kappa shape index (κ2) is 18.0. The van der Waals surface area contributed by atoms with Gasteiger partial charge in [-0.3, -0.25) is 0 Å². The van der Waals surface area contributed by atoms with Crippen LogP contribution in [0.1, 0.15) is 119 Å². The number of nitrogens with zero attached hydrogens (tertiary/aromatic N) is 4. The molecule has 56 heavy (non-hydrogen) atoms. The SMILES string of the molecule is CC(C)[Si](C#Cc1cccc2c1N(c1ccccn1)[C@@H](C)C2)(C(C)C)C(C)C.CC(C)[Si](C#Cc1cccc2c1N(c1ccccn1)[C@H](C)C2)(C(C)C)C(C)C. The fourth-order valence-electron chi connectivity index (χ4n) is 10.4. The molecular weight excluding hydrogens is 713 g/mol. The molecule has 0 fully saturated rings. The van der Waals surface area contributed by atoms with Gasteiger partial charge in [-0.1, -0.05) is 131 Å². The van der Waals surface area contributed by atoms with Crippen molar-refractivity contribution >= 4 is 39.2 Å². The summed E-state index contributed by atoms with van der Waals surface area (Å²) < 4.78 is 0. The van der Waals surface area contributed by atoms with Crippen LogP contribution in [0.2, 0.25) is 33.2 Å². The first-order chi connectivity index (χ1) is 26.6. The molecule has 0 bridgehead atoms. The van der Waals surface area contributed by atoms with Crippen molar-refractivity contribution in [3.63, 3.8) is 0 Å². The first-order valence-electron chi connectivity index (χ1n) is 21.3. The number of aromatic nitrogens is 2. The number of anilines is 4. The minimum Gasteiger partial charge on any atom is -0.322 e. The molecule has 2 atom stereocenters. The molecule has 2 aliphatic rings. The number of para-hydroxylation sites is 2. The van der Waals surface area contributed by atoms with Crippen molar-refractivity contribution in [2.75, 3.05) is 9.80 Å². The van der Waals surface area contributed by atoms with Gasteiger partial charge >= 0.3 is 0 Å². The van der Waals surface area contributed by atoms with Gasteiger partial charge < -0.3 is 9.80 Å². The number of hydrogen-bond donors (Lipinski definition) is 0. The largest absolute Gasteiger partial charge is 0.322 e. The summed E-state index contributed by atoms with van der Waals surface area (Å²) in [5.74, 6) is 9.42. The summed E-state index contributed by atoms with van der Waals surface area (Å²) in [4.78, 5) is 14.0. The highest BCUT2D eigenvalue weighted by atomic mass is 28.3. The monoisotopic (exact) mass is 780 g/mol. The molecule has 0 spiro atoms. The molecule has 2 aromatic carbocycles. The van der Waals surface area contributed by atoms with Crippen LogP contribution in [0.3, 0.4) is 0 Å². The van der Waals surface area contributed by atoms with Crippen LogP contribution in [-0.2, 0) is 12.8 Å². The lowest BCUT2D eigenvalue weighted by Crippen LogP contribution is -2.43. The predicted octanol–water partition coefficient (Wildman–Crippen LogP) is 13.5. The fraction of sp³-hybridized carbons (Fsp3) is 0.480. The number of fused-ring (bicyclic) bond motifs is 2. The molecule has 6 heteroatoms. The maximum atomic E-state index is 4.63. The van der Waals surface area contributed by atoms with Gasteiger partial charge in [-0.25, -0.2) is 9.97 Å². The quantitative estimate of drug-likeness (QED) is 0.132.